The first-order valence-corrected chi connectivity index (χ1v) is 6.86. The Kier molecular flexibility index (Phi) is 4.04. The number of hydrogen-bond donors (Lipinski definition) is 1. The normalized spacial score (nSPS) is 24.1. The van der Waals surface area contributed by atoms with Gasteiger partial charge in [0, 0.05) is 12.7 Å². The SMILES string of the molecule is CCc1cc(CC2CCCCC2C(=O)O)n(C)n1. The van der Waals surface area contributed by atoms with E-state index in [0.717, 1.165) is 44.2 Å². The molecular formula is C14H22N2O2. The van der Waals surface area contributed by atoms with Gasteiger partial charge in [0.05, 0.1) is 11.6 Å². The fourth-order valence-corrected chi connectivity index (χ4v) is 2.98. The molecule has 0 aromatic carbocycles. The van der Waals surface area contributed by atoms with Crippen LogP contribution < -0.4 is 0 Å². The molecular weight excluding hydrogens is 228 g/mol. The molecule has 1 aromatic heterocycles. The minimum absolute atomic E-state index is 0.168. The number of aliphatic carboxylic acids is 1. The topological polar surface area (TPSA) is 55.1 Å². The van der Waals surface area contributed by atoms with Crippen molar-refractivity contribution in [1.29, 1.82) is 0 Å². The fourth-order valence-electron chi connectivity index (χ4n) is 2.98. The van der Waals surface area contributed by atoms with Gasteiger partial charge in [-0.1, -0.05) is 19.8 Å². The number of carbonyl (C=O) groups is 1. The molecule has 1 aromatic rings. The van der Waals surface area contributed by atoms with E-state index in [2.05, 4.69) is 18.1 Å². The van der Waals surface area contributed by atoms with Crippen LogP contribution >= 0.6 is 0 Å². The molecule has 0 spiro atoms. The zero-order valence-corrected chi connectivity index (χ0v) is 11.2. The lowest BCUT2D eigenvalue weighted by Crippen LogP contribution is -2.28. The molecule has 0 bridgehead atoms. The van der Waals surface area contributed by atoms with Crippen LogP contribution in [0, 0.1) is 11.8 Å². The van der Waals surface area contributed by atoms with Gasteiger partial charge in [-0.2, -0.15) is 5.10 Å². The predicted octanol–water partition coefficient (Wildman–Crippen LogP) is 2.42. The minimum atomic E-state index is -0.627. The molecule has 1 aliphatic rings. The Hall–Kier alpha value is -1.32. The van der Waals surface area contributed by atoms with Gasteiger partial charge in [-0.15, -0.1) is 0 Å². The van der Waals surface area contributed by atoms with Gasteiger partial charge in [-0.25, -0.2) is 0 Å². The second-order valence-corrected chi connectivity index (χ2v) is 5.30. The van der Waals surface area contributed by atoms with Gasteiger partial charge in [0.15, 0.2) is 0 Å². The highest BCUT2D eigenvalue weighted by Crippen LogP contribution is 2.32. The summed E-state index contributed by atoms with van der Waals surface area (Å²) in [4.78, 5) is 11.3. The number of carboxylic acids is 1. The van der Waals surface area contributed by atoms with Crippen molar-refractivity contribution in [1.82, 2.24) is 9.78 Å². The summed E-state index contributed by atoms with van der Waals surface area (Å²) in [5.41, 5.74) is 2.26. The van der Waals surface area contributed by atoms with E-state index in [4.69, 9.17) is 0 Å². The molecule has 0 aliphatic heterocycles. The molecule has 2 unspecified atom stereocenters. The minimum Gasteiger partial charge on any atom is -0.481 e. The maximum absolute atomic E-state index is 11.3. The summed E-state index contributed by atoms with van der Waals surface area (Å²) in [5, 5.41) is 13.7. The predicted molar refractivity (Wildman–Crippen MR) is 69.4 cm³/mol. The largest absolute Gasteiger partial charge is 0.481 e. The second-order valence-electron chi connectivity index (χ2n) is 5.30. The first-order valence-electron chi connectivity index (χ1n) is 6.86. The molecule has 18 heavy (non-hydrogen) atoms. The number of nitrogens with zero attached hydrogens (tertiary/aromatic N) is 2. The second kappa shape index (κ2) is 5.55. The van der Waals surface area contributed by atoms with Gasteiger partial charge in [0.25, 0.3) is 0 Å². The fraction of sp³-hybridized carbons (Fsp3) is 0.714. The Labute approximate surface area is 108 Å². The summed E-state index contributed by atoms with van der Waals surface area (Å²) >= 11 is 0. The molecule has 1 saturated carbocycles. The lowest BCUT2D eigenvalue weighted by Gasteiger charge is -2.28. The highest BCUT2D eigenvalue weighted by atomic mass is 16.4. The molecule has 2 atom stereocenters. The quantitative estimate of drug-likeness (QED) is 0.892. The Morgan fingerprint density at radius 2 is 2.22 bits per heavy atom. The average molecular weight is 250 g/mol. The molecule has 100 valence electrons. The van der Waals surface area contributed by atoms with Crippen molar-refractivity contribution in [2.75, 3.05) is 0 Å². The van der Waals surface area contributed by atoms with E-state index in [1.165, 1.54) is 5.69 Å². The number of carboxylic acid groups (broad SMARTS) is 1. The van der Waals surface area contributed by atoms with Crippen LogP contribution in [0.3, 0.4) is 0 Å². The lowest BCUT2D eigenvalue weighted by atomic mass is 9.77. The first-order chi connectivity index (χ1) is 8.61. The number of aromatic nitrogens is 2. The Morgan fingerprint density at radius 1 is 1.50 bits per heavy atom. The van der Waals surface area contributed by atoms with E-state index >= 15 is 0 Å². The molecule has 0 saturated heterocycles. The van der Waals surface area contributed by atoms with Gasteiger partial charge >= 0.3 is 5.97 Å². The van der Waals surface area contributed by atoms with Gasteiger partial charge in [-0.05, 0) is 37.7 Å². The monoisotopic (exact) mass is 250 g/mol. The van der Waals surface area contributed by atoms with E-state index < -0.39 is 5.97 Å². The zero-order chi connectivity index (χ0) is 13.1. The smallest absolute Gasteiger partial charge is 0.306 e. The van der Waals surface area contributed by atoms with Crippen molar-refractivity contribution >= 4 is 5.97 Å². The Balaban J connectivity index is 2.10. The summed E-state index contributed by atoms with van der Waals surface area (Å²) in [5.74, 6) is -0.521. The Morgan fingerprint density at radius 3 is 2.83 bits per heavy atom. The number of rotatable bonds is 4. The molecule has 1 N–H and O–H groups in total. The van der Waals surface area contributed by atoms with Crippen LogP contribution in [0.5, 0.6) is 0 Å². The first kappa shape index (κ1) is 13.1. The van der Waals surface area contributed by atoms with Crippen LogP contribution in [0.1, 0.15) is 44.0 Å². The maximum Gasteiger partial charge on any atom is 0.306 e. The summed E-state index contributed by atoms with van der Waals surface area (Å²) in [6.07, 6.45) is 5.86. The number of hydrogen-bond acceptors (Lipinski definition) is 2. The molecule has 1 heterocycles. The third kappa shape index (κ3) is 2.74. The van der Waals surface area contributed by atoms with Crippen molar-refractivity contribution in [2.24, 2.45) is 18.9 Å². The third-order valence-electron chi connectivity index (χ3n) is 4.09. The van der Waals surface area contributed by atoms with Gasteiger partial charge in [0.2, 0.25) is 0 Å². The molecule has 0 radical (unpaired) electrons. The van der Waals surface area contributed by atoms with Crippen molar-refractivity contribution < 1.29 is 9.90 Å². The molecule has 4 nitrogen and oxygen atoms in total. The van der Waals surface area contributed by atoms with Crippen LogP contribution in [-0.2, 0) is 24.7 Å². The van der Waals surface area contributed by atoms with Crippen molar-refractivity contribution in [3.05, 3.63) is 17.5 Å². The van der Waals surface area contributed by atoms with Gasteiger partial charge < -0.3 is 5.11 Å². The molecule has 4 heteroatoms. The van der Waals surface area contributed by atoms with Crippen LogP contribution in [0.4, 0.5) is 0 Å². The van der Waals surface area contributed by atoms with Crippen LogP contribution in [0.2, 0.25) is 0 Å². The van der Waals surface area contributed by atoms with Crippen molar-refractivity contribution in [3.63, 3.8) is 0 Å². The third-order valence-corrected chi connectivity index (χ3v) is 4.09. The standard InChI is InChI=1S/C14H22N2O2/c1-3-11-9-12(16(2)15-11)8-10-6-4-5-7-13(10)14(17)18/h9-10,13H,3-8H2,1-2H3,(H,17,18). The molecule has 0 amide bonds. The summed E-state index contributed by atoms with van der Waals surface area (Å²) in [6, 6.07) is 2.12. The van der Waals surface area contributed by atoms with E-state index in [0.29, 0.717) is 0 Å². The average Bonchev–Trinajstić information content (AvgIpc) is 2.71. The van der Waals surface area contributed by atoms with Crippen LogP contribution in [0.15, 0.2) is 6.07 Å². The van der Waals surface area contributed by atoms with Gasteiger partial charge in [-0.3, -0.25) is 9.48 Å². The van der Waals surface area contributed by atoms with E-state index in [9.17, 15) is 9.90 Å². The summed E-state index contributed by atoms with van der Waals surface area (Å²) in [7, 11) is 1.95. The van der Waals surface area contributed by atoms with Crippen LogP contribution in [0.25, 0.3) is 0 Å². The lowest BCUT2D eigenvalue weighted by molar-refractivity contribution is -0.144. The summed E-state index contributed by atoms with van der Waals surface area (Å²) < 4.78 is 1.91. The molecule has 1 fully saturated rings. The van der Waals surface area contributed by atoms with Gasteiger partial charge in [0.1, 0.15) is 0 Å². The number of aryl methyl sites for hydroxylation is 2. The Bertz CT molecular complexity index is 425. The van der Waals surface area contributed by atoms with E-state index in [1.54, 1.807) is 0 Å². The van der Waals surface area contributed by atoms with E-state index in [1.807, 2.05) is 11.7 Å². The summed E-state index contributed by atoms with van der Waals surface area (Å²) in [6.45, 7) is 2.09. The van der Waals surface area contributed by atoms with Crippen molar-refractivity contribution in [2.45, 2.75) is 45.4 Å². The van der Waals surface area contributed by atoms with E-state index in [-0.39, 0.29) is 11.8 Å². The maximum atomic E-state index is 11.3. The molecule has 1 aliphatic carbocycles. The van der Waals surface area contributed by atoms with Crippen molar-refractivity contribution in [3.8, 4) is 0 Å². The molecule has 2 rings (SSSR count). The highest BCUT2D eigenvalue weighted by Gasteiger charge is 2.31. The van der Waals surface area contributed by atoms with Crippen LogP contribution in [-0.4, -0.2) is 20.9 Å². The highest BCUT2D eigenvalue weighted by molar-refractivity contribution is 5.70. The zero-order valence-electron chi connectivity index (χ0n) is 11.2.